The molecule has 2 aromatic heterocycles. The molecule has 42 heavy (non-hydrogen) atoms. The third-order valence-corrected chi connectivity index (χ3v) is 8.28. The molecule has 0 N–H and O–H groups in total. The SMILES string of the molecule is C=C/C(C)=C\C.Cc1ccc2cc3c(ccc4oc(-c5cc6c(ccc7cc8cc(C)ccc8cc76)o5)cc43)cc2c1. The zero-order valence-electron chi connectivity index (χ0n) is 24.4. The van der Waals surface area contributed by atoms with Gasteiger partial charge in [-0.05, 0) is 119 Å². The maximum atomic E-state index is 6.32. The van der Waals surface area contributed by atoms with E-state index in [1.54, 1.807) is 0 Å². The highest BCUT2D eigenvalue weighted by molar-refractivity contribution is 6.13. The first-order valence-corrected chi connectivity index (χ1v) is 14.4. The Bertz CT molecular complexity index is 2200. The highest BCUT2D eigenvalue weighted by atomic mass is 16.4. The minimum absolute atomic E-state index is 0.752. The first-order chi connectivity index (χ1) is 20.4. The monoisotopic (exact) mass is 544 g/mol. The molecule has 6 aromatic carbocycles. The minimum atomic E-state index is 0.752. The van der Waals surface area contributed by atoms with Crippen LogP contribution in [0.25, 0.3) is 76.5 Å². The standard InChI is InChI=1S/C34H22O2.C6H10/c1-19-3-5-21-15-27-23(13-25(21)11-19)7-9-31-29(27)17-33(35-31)34-18-30-28-16-22-6-4-20(2)12-26(22)14-24(28)8-10-32(30)36-34;1-4-6(3)5-2/h3-18H,1-2H3;4-5H,1H2,2-3H3/b;6-5-. The lowest BCUT2D eigenvalue weighted by Gasteiger charge is -2.04. The summed E-state index contributed by atoms with van der Waals surface area (Å²) in [5, 5.41) is 12.0. The molecule has 0 saturated carbocycles. The van der Waals surface area contributed by atoms with Crippen molar-refractivity contribution in [3.05, 3.63) is 132 Å². The number of hydrogen-bond acceptors (Lipinski definition) is 2. The molecule has 0 aliphatic carbocycles. The third kappa shape index (κ3) is 4.46. The van der Waals surface area contributed by atoms with E-state index in [4.69, 9.17) is 8.83 Å². The van der Waals surface area contributed by atoms with Crippen LogP contribution in [0.3, 0.4) is 0 Å². The van der Waals surface area contributed by atoms with Crippen molar-refractivity contribution < 1.29 is 8.83 Å². The van der Waals surface area contributed by atoms with Crippen LogP contribution >= 0.6 is 0 Å². The summed E-state index contributed by atoms with van der Waals surface area (Å²) in [6.45, 7) is 11.8. The minimum Gasteiger partial charge on any atom is -0.453 e. The van der Waals surface area contributed by atoms with Gasteiger partial charge in [0.05, 0.1) is 0 Å². The van der Waals surface area contributed by atoms with E-state index in [-0.39, 0.29) is 0 Å². The lowest BCUT2D eigenvalue weighted by molar-refractivity contribution is 0.569. The molecule has 0 unspecified atom stereocenters. The van der Waals surface area contributed by atoms with E-state index in [1.807, 2.05) is 26.0 Å². The molecule has 0 radical (unpaired) electrons. The van der Waals surface area contributed by atoms with Gasteiger partial charge < -0.3 is 8.83 Å². The van der Waals surface area contributed by atoms with E-state index >= 15 is 0 Å². The highest BCUT2D eigenvalue weighted by Gasteiger charge is 2.15. The summed E-state index contributed by atoms with van der Waals surface area (Å²) < 4.78 is 12.6. The lowest BCUT2D eigenvalue weighted by atomic mass is 9.99. The Morgan fingerprint density at radius 2 is 0.976 bits per heavy atom. The van der Waals surface area contributed by atoms with E-state index in [9.17, 15) is 0 Å². The van der Waals surface area contributed by atoms with Crippen LogP contribution in [-0.4, -0.2) is 0 Å². The molecule has 0 fully saturated rings. The van der Waals surface area contributed by atoms with Gasteiger partial charge in [0.25, 0.3) is 0 Å². The molecule has 8 rings (SSSR count). The Morgan fingerprint density at radius 1 is 0.524 bits per heavy atom. The number of aryl methyl sites for hydroxylation is 2. The molecular weight excluding hydrogens is 512 g/mol. The van der Waals surface area contributed by atoms with E-state index < -0.39 is 0 Å². The Kier molecular flexibility index (Phi) is 6.21. The topological polar surface area (TPSA) is 26.3 Å². The van der Waals surface area contributed by atoms with Gasteiger partial charge in [-0.25, -0.2) is 0 Å². The number of allylic oxidation sites excluding steroid dienone is 3. The molecule has 2 nitrogen and oxygen atoms in total. The van der Waals surface area contributed by atoms with Crippen molar-refractivity contribution in [2.75, 3.05) is 0 Å². The van der Waals surface area contributed by atoms with E-state index in [2.05, 4.69) is 117 Å². The first-order valence-electron chi connectivity index (χ1n) is 14.4. The molecule has 2 heteroatoms. The van der Waals surface area contributed by atoms with Gasteiger partial charge in [-0.1, -0.05) is 84.0 Å². The number of fused-ring (bicyclic) bond motifs is 8. The zero-order chi connectivity index (χ0) is 29.0. The average Bonchev–Trinajstić information content (AvgIpc) is 3.64. The maximum absolute atomic E-state index is 6.32. The van der Waals surface area contributed by atoms with Crippen molar-refractivity contribution in [3.63, 3.8) is 0 Å². The van der Waals surface area contributed by atoms with E-state index in [0.717, 1.165) is 33.5 Å². The smallest absolute Gasteiger partial charge is 0.170 e. The summed E-state index contributed by atoms with van der Waals surface area (Å²) in [6.07, 6.45) is 3.85. The van der Waals surface area contributed by atoms with Gasteiger partial charge in [-0.15, -0.1) is 0 Å². The molecule has 2 heterocycles. The molecule has 0 atom stereocenters. The largest absolute Gasteiger partial charge is 0.453 e. The summed E-state index contributed by atoms with van der Waals surface area (Å²) in [6, 6.07) is 34.9. The molecule has 0 aliphatic rings. The predicted octanol–water partition coefficient (Wildman–Crippen LogP) is 12.2. The van der Waals surface area contributed by atoms with Crippen LogP contribution in [0.4, 0.5) is 0 Å². The fraction of sp³-hybridized carbons (Fsp3) is 0.100. The molecule has 204 valence electrons. The van der Waals surface area contributed by atoms with E-state index in [0.29, 0.717) is 0 Å². The van der Waals surface area contributed by atoms with Crippen LogP contribution in [0.15, 0.2) is 130 Å². The Morgan fingerprint density at radius 3 is 1.38 bits per heavy atom. The summed E-state index contributed by atoms with van der Waals surface area (Å²) >= 11 is 0. The molecule has 0 saturated heterocycles. The van der Waals surface area contributed by atoms with Gasteiger partial charge in [0, 0.05) is 10.8 Å². The van der Waals surface area contributed by atoms with Crippen molar-refractivity contribution in [2.24, 2.45) is 0 Å². The zero-order valence-corrected chi connectivity index (χ0v) is 24.4. The second kappa shape index (κ2) is 10.1. The second-order valence-electron chi connectivity index (χ2n) is 11.3. The predicted molar refractivity (Wildman–Crippen MR) is 181 cm³/mol. The quantitative estimate of drug-likeness (QED) is 0.160. The van der Waals surface area contributed by atoms with Crippen LogP contribution in [0.5, 0.6) is 0 Å². The number of benzene rings is 6. The van der Waals surface area contributed by atoms with Gasteiger partial charge in [0.15, 0.2) is 11.5 Å². The molecule has 0 spiro atoms. The summed E-state index contributed by atoms with van der Waals surface area (Å²) in [5.41, 5.74) is 5.52. The Hall–Kier alpha value is -5.08. The summed E-state index contributed by atoms with van der Waals surface area (Å²) in [4.78, 5) is 0. The van der Waals surface area contributed by atoms with E-state index in [1.165, 1.54) is 59.8 Å². The maximum Gasteiger partial charge on any atom is 0.170 e. The molecule has 0 aliphatic heterocycles. The molecular formula is C40H32O2. The van der Waals surface area contributed by atoms with Crippen molar-refractivity contribution in [3.8, 4) is 11.5 Å². The van der Waals surface area contributed by atoms with Crippen LogP contribution in [0, 0.1) is 13.8 Å². The fourth-order valence-electron chi connectivity index (χ4n) is 5.78. The number of furan rings is 2. The summed E-state index contributed by atoms with van der Waals surface area (Å²) in [5.74, 6) is 1.50. The molecule has 8 aromatic rings. The third-order valence-electron chi connectivity index (χ3n) is 8.28. The van der Waals surface area contributed by atoms with Gasteiger partial charge >= 0.3 is 0 Å². The van der Waals surface area contributed by atoms with Crippen molar-refractivity contribution in [1.29, 1.82) is 0 Å². The van der Waals surface area contributed by atoms with Gasteiger partial charge in [0.1, 0.15) is 11.2 Å². The fourth-order valence-corrected chi connectivity index (χ4v) is 5.78. The van der Waals surface area contributed by atoms with Crippen LogP contribution < -0.4 is 0 Å². The number of hydrogen-bond donors (Lipinski definition) is 0. The second-order valence-corrected chi connectivity index (χ2v) is 11.3. The average molecular weight is 545 g/mol. The molecule has 0 bridgehead atoms. The highest BCUT2D eigenvalue weighted by Crippen LogP contribution is 2.39. The number of rotatable bonds is 2. The summed E-state index contributed by atoms with van der Waals surface area (Å²) in [7, 11) is 0. The molecule has 0 amide bonds. The van der Waals surface area contributed by atoms with Crippen molar-refractivity contribution in [1.82, 2.24) is 0 Å². The van der Waals surface area contributed by atoms with Gasteiger partial charge in [-0.2, -0.15) is 0 Å². The first kappa shape index (κ1) is 25.9. The van der Waals surface area contributed by atoms with Crippen LogP contribution in [0.2, 0.25) is 0 Å². The van der Waals surface area contributed by atoms with Gasteiger partial charge in [-0.3, -0.25) is 0 Å². The van der Waals surface area contributed by atoms with Crippen molar-refractivity contribution >= 4 is 65.0 Å². The normalized spacial score (nSPS) is 12.0. The Balaban J connectivity index is 0.000000438. The van der Waals surface area contributed by atoms with Crippen LogP contribution in [0.1, 0.15) is 25.0 Å². The lowest BCUT2D eigenvalue weighted by Crippen LogP contribution is -1.79. The van der Waals surface area contributed by atoms with Crippen LogP contribution in [-0.2, 0) is 0 Å². The van der Waals surface area contributed by atoms with Gasteiger partial charge in [0.2, 0.25) is 0 Å². The van der Waals surface area contributed by atoms with Crippen molar-refractivity contribution in [2.45, 2.75) is 27.7 Å². The Labute approximate surface area is 245 Å².